The average molecular weight is 1030 g/mol. The van der Waals surface area contributed by atoms with Crippen molar-refractivity contribution in [1.29, 1.82) is 0 Å². The van der Waals surface area contributed by atoms with Gasteiger partial charge in [-0.3, -0.25) is 0 Å². The Morgan fingerprint density at radius 2 is 0.714 bits per heavy atom. The standard InChI is InChI=1S/C24BF20.C22H17ClNO/c26-5-1(6(27)14(35)21(42)13(5)34)25(2-7(28)15(36)22(43)16(37)8(2)29,3-9(30)17(38)23(44)18(39)10(3)31)4-11(32)19(40)24(45)20(41)12(4)33;23-19-10-6-11-20(15-19)25-22-21-12-5-4-9-18(21)13-14-24(22)16-17-7-2-1-3-8-17/h;1-15H,16H2/q-1;+1. The monoisotopic (exact) mass is 1030 g/mol. The SMILES string of the molecule is Clc1cccc(Oc2c3ccccc3cc[n+]2Cc2ccccc2)c1.Fc1c(F)c(F)c([B-](c2c(F)c(F)c(F)c(F)c2F)(c2c(F)c(F)c(F)c(F)c2F)c2c(F)c(F)c(F)c(F)c2F)c(F)c1F. The fourth-order valence-electron chi connectivity index (χ4n) is 7.76. The molecule has 0 aliphatic heterocycles. The predicted octanol–water partition coefficient (Wildman–Crippen LogP) is 11.5. The van der Waals surface area contributed by atoms with Gasteiger partial charge in [-0.05, 0) is 29.7 Å². The fourth-order valence-corrected chi connectivity index (χ4v) is 7.94. The highest BCUT2D eigenvalue weighted by molar-refractivity contribution is 7.20. The lowest BCUT2D eigenvalue weighted by atomic mass is 9.12. The van der Waals surface area contributed by atoms with Gasteiger partial charge >= 0.3 is 5.88 Å². The topological polar surface area (TPSA) is 13.1 Å². The molecule has 0 bridgehead atoms. The Hall–Kier alpha value is -7.30. The predicted molar refractivity (Wildman–Crippen MR) is 210 cm³/mol. The van der Waals surface area contributed by atoms with E-state index < -0.39 is 144 Å². The van der Waals surface area contributed by atoms with Crippen LogP contribution in [0.15, 0.2) is 91.1 Å². The van der Waals surface area contributed by atoms with Gasteiger partial charge in [0.05, 0.1) is 5.39 Å². The minimum absolute atomic E-state index is 0.660. The molecule has 70 heavy (non-hydrogen) atoms. The van der Waals surface area contributed by atoms with Crippen molar-refractivity contribution in [3.05, 3.63) is 218 Å². The number of hydrogen-bond donors (Lipinski definition) is 0. The molecule has 0 aliphatic carbocycles. The first kappa shape index (κ1) is 50.6. The van der Waals surface area contributed by atoms with E-state index in [1.165, 1.54) is 5.56 Å². The molecule has 7 aromatic carbocycles. The Morgan fingerprint density at radius 1 is 0.371 bits per heavy atom. The van der Waals surface area contributed by atoms with E-state index in [0.29, 0.717) is 5.02 Å². The van der Waals surface area contributed by atoms with Gasteiger partial charge in [-0.1, -0.05) is 66.2 Å². The molecule has 0 saturated carbocycles. The first-order chi connectivity index (χ1) is 33.0. The van der Waals surface area contributed by atoms with Gasteiger partial charge in [-0.25, -0.2) is 87.8 Å². The second kappa shape index (κ2) is 19.2. The van der Waals surface area contributed by atoms with Crippen LogP contribution >= 0.6 is 11.6 Å². The summed E-state index contributed by atoms with van der Waals surface area (Å²) in [6, 6.07) is 28.2. The second-order valence-corrected chi connectivity index (χ2v) is 15.1. The van der Waals surface area contributed by atoms with Crippen LogP contribution in [0.3, 0.4) is 0 Å². The molecular formula is C46H17BClF20NO. The molecule has 1 aromatic heterocycles. The molecule has 0 saturated heterocycles. The molecule has 0 atom stereocenters. The number of aromatic nitrogens is 1. The lowest BCUT2D eigenvalue weighted by molar-refractivity contribution is -0.691. The van der Waals surface area contributed by atoms with Crippen LogP contribution in [-0.2, 0) is 6.54 Å². The fraction of sp³-hybridized carbons (Fsp3) is 0.0217. The molecule has 0 aliphatic rings. The molecule has 0 spiro atoms. The van der Waals surface area contributed by atoms with Gasteiger partial charge in [0.25, 0.3) is 0 Å². The number of benzene rings is 7. The number of rotatable bonds is 8. The minimum Gasteiger partial charge on any atom is -0.405 e. The Morgan fingerprint density at radius 3 is 1.09 bits per heavy atom. The van der Waals surface area contributed by atoms with Crippen LogP contribution in [0, 0.1) is 116 Å². The number of nitrogens with zero attached hydrogens (tertiary/aromatic N) is 1. The third-order valence-corrected chi connectivity index (χ3v) is 11.0. The van der Waals surface area contributed by atoms with Gasteiger partial charge in [0.2, 0.25) is 0 Å². The minimum atomic E-state index is -7.22. The Labute approximate surface area is 383 Å². The zero-order valence-electron chi connectivity index (χ0n) is 33.7. The van der Waals surface area contributed by atoms with Gasteiger partial charge in [-0.15, -0.1) is 21.9 Å². The van der Waals surface area contributed by atoms with Crippen LogP contribution in [0.25, 0.3) is 10.8 Å². The second-order valence-electron chi connectivity index (χ2n) is 14.7. The molecule has 0 radical (unpaired) electrons. The van der Waals surface area contributed by atoms with Crippen LogP contribution in [-0.4, -0.2) is 6.15 Å². The number of hydrogen-bond acceptors (Lipinski definition) is 1. The van der Waals surface area contributed by atoms with Crippen LogP contribution in [0.5, 0.6) is 11.6 Å². The van der Waals surface area contributed by atoms with Crippen LogP contribution < -0.4 is 31.2 Å². The Balaban J connectivity index is 0.000000242. The van der Waals surface area contributed by atoms with Gasteiger partial charge < -0.3 is 4.74 Å². The van der Waals surface area contributed by atoms with Crippen molar-refractivity contribution in [3.63, 3.8) is 0 Å². The van der Waals surface area contributed by atoms with Crippen LogP contribution in [0.4, 0.5) is 87.8 Å². The summed E-state index contributed by atoms with van der Waals surface area (Å²) in [5.41, 5.74) is -13.1. The summed E-state index contributed by atoms with van der Waals surface area (Å²) >= 11 is 6.11. The van der Waals surface area contributed by atoms with Gasteiger partial charge in [0.15, 0.2) is 82.5 Å². The van der Waals surface area contributed by atoms with E-state index in [2.05, 4.69) is 53.2 Å². The zero-order chi connectivity index (χ0) is 51.4. The number of ether oxygens (including phenoxy) is 1. The van der Waals surface area contributed by atoms with Crippen molar-refractivity contribution < 1.29 is 97.1 Å². The number of pyridine rings is 1. The van der Waals surface area contributed by atoms with Gasteiger partial charge in [-0.2, -0.15) is 4.57 Å². The Bertz CT molecular complexity index is 3030. The zero-order valence-corrected chi connectivity index (χ0v) is 34.5. The molecule has 362 valence electrons. The largest absolute Gasteiger partial charge is 0.405 e. The van der Waals surface area contributed by atoms with Gasteiger partial charge in [0, 0.05) is 16.7 Å². The quantitative estimate of drug-likeness (QED) is 0.0486. The van der Waals surface area contributed by atoms with E-state index >= 15 is 35.1 Å². The maximum absolute atomic E-state index is 15.4. The molecule has 24 heteroatoms. The lowest BCUT2D eigenvalue weighted by Crippen LogP contribution is -2.81. The molecule has 0 fully saturated rings. The van der Waals surface area contributed by atoms with E-state index in [9.17, 15) is 52.7 Å². The maximum atomic E-state index is 15.4. The van der Waals surface area contributed by atoms with E-state index in [0.717, 1.165) is 28.9 Å². The summed E-state index contributed by atoms with van der Waals surface area (Å²) in [5.74, 6) is -69.9. The summed E-state index contributed by atoms with van der Waals surface area (Å²) in [7, 11) is 0. The molecule has 1 heterocycles. The molecule has 8 rings (SSSR count). The number of halogens is 21. The number of fused-ring (bicyclic) bond motifs is 1. The molecular weight excluding hydrogens is 1010 g/mol. The third kappa shape index (κ3) is 8.17. The van der Waals surface area contributed by atoms with Crippen LogP contribution in [0.2, 0.25) is 5.02 Å². The van der Waals surface area contributed by atoms with Crippen molar-refractivity contribution in [1.82, 2.24) is 0 Å². The average Bonchev–Trinajstić information content (AvgIpc) is 3.35. The summed E-state index contributed by atoms with van der Waals surface area (Å²) < 4.78 is 302. The van der Waals surface area contributed by atoms with Crippen LogP contribution in [0.1, 0.15) is 5.56 Å². The molecule has 0 amide bonds. The van der Waals surface area contributed by atoms with E-state index in [1.807, 2.05) is 42.5 Å². The maximum Gasteiger partial charge on any atom is 0.381 e. The van der Waals surface area contributed by atoms with E-state index in [-0.39, 0.29) is 0 Å². The first-order valence-corrected chi connectivity index (χ1v) is 19.5. The normalized spacial score (nSPS) is 11.6. The highest BCUT2D eigenvalue weighted by Crippen LogP contribution is 2.32. The summed E-state index contributed by atoms with van der Waals surface area (Å²) in [6.07, 6.45) is -5.15. The Kier molecular flexibility index (Phi) is 13.9. The highest BCUT2D eigenvalue weighted by atomic mass is 35.5. The lowest BCUT2D eigenvalue weighted by Gasteiger charge is -2.44. The van der Waals surface area contributed by atoms with Crippen molar-refractivity contribution in [3.8, 4) is 11.6 Å². The summed E-state index contributed by atoms with van der Waals surface area (Å²) in [5, 5.41) is 2.87. The summed E-state index contributed by atoms with van der Waals surface area (Å²) in [4.78, 5) is 0. The van der Waals surface area contributed by atoms with Crippen molar-refractivity contribution in [2.45, 2.75) is 6.54 Å². The van der Waals surface area contributed by atoms with E-state index in [1.54, 1.807) is 0 Å². The van der Waals surface area contributed by atoms with Gasteiger partial charge in [0.1, 0.15) is 58.4 Å². The van der Waals surface area contributed by atoms with Crippen molar-refractivity contribution >= 4 is 50.4 Å². The molecule has 0 N–H and O–H groups in total. The molecule has 2 nitrogen and oxygen atoms in total. The summed E-state index contributed by atoms with van der Waals surface area (Å²) in [6.45, 7) is 0.738. The first-order valence-electron chi connectivity index (χ1n) is 19.1. The van der Waals surface area contributed by atoms with Crippen molar-refractivity contribution in [2.24, 2.45) is 0 Å². The molecule has 8 aromatic rings. The smallest absolute Gasteiger partial charge is 0.381 e. The van der Waals surface area contributed by atoms with Crippen molar-refractivity contribution in [2.75, 3.05) is 0 Å². The highest BCUT2D eigenvalue weighted by Gasteiger charge is 2.52. The molecule has 0 unspecified atom stereocenters. The third-order valence-electron chi connectivity index (χ3n) is 10.8. The van der Waals surface area contributed by atoms with E-state index in [4.69, 9.17) is 16.3 Å².